The molecule has 2 aromatic carbocycles. The predicted molar refractivity (Wildman–Crippen MR) is 103 cm³/mol. The van der Waals surface area contributed by atoms with Crippen molar-refractivity contribution in [1.82, 2.24) is 0 Å². The lowest BCUT2D eigenvalue weighted by atomic mass is 9.82. The van der Waals surface area contributed by atoms with E-state index in [4.69, 9.17) is 14.0 Å². The number of benzene rings is 2. The minimum atomic E-state index is -0.387. The Balaban J connectivity index is 2.00. The van der Waals surface area contributed by atoms with E-state index in [-0.39, 0.29) is 18.3 Å². The molecule has 0 N–H and O–H groups in total. The Morgan fingerprint density at radius 3 is 1.88 bits per heavy atom. The molecule has 1 fully saturated rings. The van der Waals surface area contributed by atoms with Crippen LogP contribution in [-0.2, 0) is 9.31 Å². The summed E-state index contributed by atoms with van der Waals surface area (Å²) >= 11 is 0. The molecule has 2 aromatic rings. The van der Waals surface area contributed by atoms with E-state index in [0.29, 0.717) is 0 Å². The number of methoxy groups -OCH3 is 1. The Hall–Kier alpha value is -2.04. The molecular weight excluding hydrogens is 311 g/mol. The zero-order chi connectivity index (χ0) is 18.1. The summed E-state index contributed by atoms with van der Waals surface area (Å²) in [4.78, 5) is 0. The first-order valence-electron chi connectivity index (χ1n) is 8.60. The van der Waals surface area contributed by atoms with Gasteiger partial charge >= 0.3 is 7.12 Å². The molecule has 0 aliphatic carbocycles. The largest absolute Gasteiger partial charge is 0.497 e. The van der Waals surface area contributed by atoms with Gasteiger partial charge in [-0.15, -0.1) is 0 Å². The molecular formula is C21H25BO3. The maximum atomic E-state index is 6.16. The first kappa shape index (κ1) is 17.8. The molecule has 4 heteroatoms. The van der Waals surface area contributed by atoms with Gasteiger partial charge in [-0.3, -0.25) is 0 Å². The third kappa shape index (κ3) is 3.65. The Morgan fingerprint density at radius 1 is 0.840 bits per heavy atom. The van der Waals surface area contributed by atoms with Crippen LogP contribution in [-0.4, -0.2) is 25.4 Å². The van der Waals surface area contributed by atoms with Crippen molar-refractivity contribution in [2.75, 3.05) is 7.11 Å². The monoisotopic (exact) mass is 336 g/mol. The number of hydrogen-bond acceptors (Lipinski definition) is 3. The molecule has 1 saturated heterocycles. The van der Waals surface area contributed by atoms with Crippen LogP contribution in [0.2, 0.25) is 0 Å². The summed E-state index contributed by atoms with van der Waals surface area (Å²) in [6.45, 7) is 8.26. The van der Waals surface area contributed by atoms with Gasteiger partial charge in [-0.05, 0) is 62.5 Å². The summed E-state index contributed by atoms with van der Waals surface area (Å²) in [5.74, 6) is 2.90. The fourth-order valence-corrected chi connectivity index (χ4v) is 2.84. The SMILES string of the molecule is COc1ccc(/C(=C/B2OC(C)(C)C(C)(C)O2)c2ccccc2)cc1. The predicted octanol–water partition coefficient (Wildman–Crippen LogP) is 4.76. The molecule has 1 aliphatic rings. The van der Waals surface area contributed by atoms with Crippen LogP contribution in [0.3, 0.4) is 0 Å². The fraction of sp³-hybridized carbons (Fsp3) is 0.333. The molecule has 1 heterocycles. The van der Waals surface area contributed by atoms with Crippen molar-refractivity contribution < 1.29 is 14.0 Å². The van der Waals surface area contributed by atoms with E-state index in [9.17, 15) is 0 Å². The van der Waals surface area contributed by atoms with Crippen LogP contribution in [0.4, 0.5) is 0 Å². The maximum Gasteiger partial charge on any atom is 0.487 e. The lowest BCUT2D eigenvalue weighted by molar-refractivity contribution is 0.00578. The summed E-state index contributed by atoms with van der Waals surface area (Å²) < 4.78 is 17.6. The summed E-state index contributed by atoms with van der Waals surface area (Å²) in [6, 6.07) is 18.3. The van der Waals surface area contributed by atoms with Gasteiger partial charge in [0, 0.05) is 0 Å². The molecule has 0 unspecified atom stereocenters. The Labute approximate surface area is 150 Å². The van der Waals surface area contributed by atoms with E-state index in [0.717, 1.165) is 22.4 Å². The van der Waals surface area contributed by atoms with Crippen LogP contribution < -0.4 is 4.74 Å². The van der Waals surface area contributed by atoms with E-state index >= 15 is 0 Å². The van der Waals surface area contributed by atoms with Gasteiger partial charge in [0.05, 0.1) is 18.3 Å². The van der Waals surface area contributed by atoms with Gasteiger partial charge in [0.2, 0.25) is 0 Å². The molecule has 0 radical (unpaired) electrons. The lowest BCUT2D eigenvalue weighted by Crippen LogP contribution is -2.41. The molecule has 0 spiro atoms. The lowest BCUT2D eigenvalue weighted by Gasteiger charge is -2.32. The highest BCUT2D eigenvalue weighted by molar-refractivity contribution is 6.53. The number of ether oxygens (including phenoxy) is 1. The van der Waals surface area contributed by atoms with Gasteiger partial charge in [-0.2, -0.15) is 0 Å². The molecule has 25 heavy (non-hydrogen) atoms. The van der Waals surface area contributed by atoms with Gasteiger partial charge in [-0.25, -0.2) is 0 Å². The first-order valence-corrected chi connectivity index (χ1v) is 8.60. The molecule has 0 saturated carbocycles. The van der Waals surface area contributed by atoms with Crippen molar-refractivity contribution in [2.24, 2.45) is 0 Å². The van der Waals surface area contributed by atoms with Gasteiger partial charge in [-0.1, -0.05) is 42.5 Å². The highest BCUT2D eigenvalue weighted by Crippen LogP contribution is 2.38. The second-order valence-corrected chi connectivity index (χ2v) is 7.30. The smallest absolute Gasteiger partial charge is 0.487 e. The molecule has 0 bridgehead atoms. The van der Waals surface area contributed by atoms with Gasteiger partial charge in [0.15, 0.2) is 0 Å². The third-order valence-corrected chi connectivity index (χ3v) is 5.06. The first-order chi connectivity index (χ1) is 11.8. The standard InChI is InChI=1S/C21H25BO3/c1-20(2)21(3,4)25-22(24-20)15-19(16-9-7-6-8-10-16)17-11-13-18(23-5)14-12-17/h6-15H,1-5H3/b19-15+. The van der Waals surface area contributed by atoms with E-state index in [1.807, 2.05) is 30.3 Å². The third-order valence-electron chi connectivity index (χ3n) is 5.06. The summed E-state index contributed by atoms with van der Waals surface area (Å²) in [5.41, 5.74) is 2.61. The highest BCUT2D eigenvalue weighted by Gasteiger charge is 2.50. The summed E-state index contributed by atoms with van der Waals surface area (Å²) in [7, 11) is 1.29. The van der Waals surface area contributed by atoms with Gasteiger partial charge in [0.25, 0.3) is 0 Å². The van der Waals surface area contributed by atoms with Crippen molar-refractivity contribution in [1.29, 1.82) is 0 Å². The van der Waals surface area contributed by atoms with Crippen LogP contribution in [0, 0.1) is 0 Å². The minimum absolute atomic E-state index is 0.351. The van der Waals surface area contributed by atoms with Crippen LogP contribution in [0.5, 0.6) is 5.75 Å². The van der Waals surface area contributed by atoms with E-state index in [1.54, 1.807) is 7.11 Å². The Morgan fingerprint density at radius 2 is 1.36 bits per heavy atom. The molecule has 0 atom stereocenters. The molecule has 0 aromatic heterocycles. The number of rotatable bonds is 4. The quantitative estimate of drug-likeness (QED) is 0.754. The average molecular weight is 336 g/mol. The number of hydrogen-bond donors (Lipinski definition) is 0. The van der Waals surface area contributed by atoms with Crippen LogP contribution in [0.15, 0.2) is 60.6 Å². The topological polar surface area (TPSA) is 27.7 Å². The Kier molecular flexibility index (Phi) is 4.76. The molecule has 0 amide bonds. The zero-order valence-corrected chi connectivity index (χ0v) is 15.6. The van der Waals surface area contributed by atoms with Crippen molar-refractivity contribution >= 4 is 12.7 Å². The van der Waals surface area contributed by atoms with Crippen molar-refractivity contribution in [3.8, 4) is 5.75 Å². The molecule has 3 rings (SSSR count). The zero-order valence-electron chi connectivity index (χ0n) is 15.6. The Bertz CT molecular complexity index is 732. The van der Waals surface area contributed by atoms with E-state index in [2.05, 4.69) is 57.9 Å². The summed E-state index contributed by atoms with van der Waals surface area (Å²) in [5, 5.41) is 0. The fourth-order valence-electron chi connectivity index (χ4n) is 2.84. The van der Waals surface area contributed by atoms with E-state index < -0.39 is 0 Å². The van der Waals surface area contributed by atoms with Crippen molar-refractivity contribution in [2.45, 2.75) is 38.9 Å². The maximum absolute atomic E-state index is 6.16. The van der Waals surface area contributed by atoms with Gasteiger partial charge in [0.1, 0.15) is 5.75 Å². The normalized spacial score (nSPS) is 19.1. The summed E-state index contributed by atoms with van der Waals surface area (Å²) in [6.07, 6.45) is 0. The highest BCUT2D eigenvalue weighted by atomic mass is 16.7. The molecule has 1 aliphatic heterocycles. The van der Waals surface area contributed by atoms with Crippen LogP contribution in [0.1, 0.15) is 38.8 Å². The van der Waals surface area contributed by atoms with Crippen LogP contribution >= 0.6 is 0 Å². The average Bonchev–Trinajstić information content (AvgIpc) is 2.80. The molecule has 130 valence electrons. The van der Waals surface area contributed by atoms with Crippen molar-refractivity contribution in [3.05, 3.63) is 71.7 Å². The second-order valence-electron chi connectivity index (χ2n) is 7.30. The van der Waals surface area contributed by atoms with Gasteiger partial charge < -0.3 is 14.0 Å². The second kappa shape index (κ2) is 6.70. The minimum Gasteiger partial charge on any atom is -0.497 e. The molecule has 3 nitrogen and oxygen atoms in total. The van der Waals surface area contributed by atoms with Crippen molar-refractivity contribution in [3.63, 3.8) is 0 Å². The van der Waals surface area contributed by atoms with Crippen LogP contribution in [0.25, 0.3) is 5.57 Å². The van der Waals surface area contributed by atoms with E-state index in [1.165, 1.54) is 0 Å².